The zero-order valence-corrected chi connectivity index (χ0v) is 41.6. The smallest absolute Gasteiger partial charge is 0.410 e. The molecule has 2 aliphatic heterocycles. The largest absolute Gasteiger partial charge is 0.444 e. The molecule has 0 radical (unpaired) electrons. The number of piperazine rings is 2. The number of carbonyl (C=O) groups excluding carboxylic acids is 3. The van der Waals surface area contributed by atoms with Gasteiger partial charge < -0.3 is 44.5 Å². The summed E-state index contributed by atoms with van der Waals surface area (Å²) in [5.41, 5.74) is 7.51. The molecule has 71 heavy (non-hydrogen) atoms. The third kappa shape index (κ3) is 11.0. The maximum Gasteiger partial charge on any atom is 0.410 e. The van der Waals surface area contributed by atoms with E-state index >= 15 is 0 Å². The van der Waals surface area contributed by atoms with Crippen LogP contribution in [0.4, 0.5) is 27.5 Å². The molecule has 16 heteroatoms. The quantitative estimate of drug-likeness (QED) is 0.136. The van der Waals surface area contributed by atoms with Crippen LogP contribution in [0.2, 0.25) is 10.0 Å². The molecule has 2 atom stereocenters. The van der Waals surface area contributed by atoms with Gasteiger partial charge in [0, 0.05) is 97.5 Å². The van der Waals surface area contributed by atoms with Gasteiger partial charge in [0.2, 0.25) is 0 Å². The van der Waals surface area contributed by atoms with Gasteiger partial charge in [-0.3, -0.25) is 19.2 Å². The number of hydrogen-bond acceptors (Lipinski definition) is 9. The number of pyridine rings is 2. The molecule has 368 valence electrons. The van der Waals surface area contributed by atoms with Gasteiger partial charge in [-0.25, -0.2) is 4.79 Å². The van der Waals surface area contributed by atoms with E-state index in [2.05, 4.69) is 56.1 Å². The van der Waals surface area contributed by atoms with E-state index in [4.69, 9.17) is 27.9 Å². The van der Waals surface area contributed by atoms with Gasteiger partial charge in [-0.15, -0.1) is 0 Å². The van der Waals surface area contributed by atoms with Gasteiger partial charge in [-0.1, -0.05) is 47.5 Å². The molecule has 3 N–H and O–H groups in total. The molecule has 0 saturated carbocycles. The SMILES string of the molecule is CC(C)(C)OC(=O)N1CCN(c2cccc3c2CCC3n2cccc(C(=O)Nc3ccc(Cl)cc3)c2=O)CC1.O=C(Nc1ccc(Cl)cc1)c1cccn(C2CCc3c2cccc3N2CCNCC2)c1=O. The van der Waals surface area contributed by atoms with Gasteiger partial charge in [0.25, 0.3) is 22.9 Å². The normalized spacial score (nSPS) is 17.4. The number of aromatic nitrogens is 2. The van der Waals surface area contributed by atoms with Gasteiger partial charge in [0.05, 0.1) is 12.1 Å². The van der Waals surface area contributed by atoms with Crippen molar-refractivity contribution in [3.63, 3.8) is 0 Å². The Bertz CT molecular complexity index is 3050. The second-order valence-electron chi connectivity index (χ2n) is 19.2. The third-order valence-electron chi connectivity index (χ3n) is 13.5. The molecule has 4 aliphatic rings. The molecule has 10 rings (SSSR count). The van der Waals surface area contributed by atoms with Crippen LogP contribution in [0.3, 0.4) is 0 Å². The average molecular weight is 998 g/mol. The highest BCUT2D eigenvalue weighted by Crippen LogP contribution is 2.41. The maximum atomic E-state index is 13.5. The van der Waals surface area contributed by atoms with E-state index in [9.17, 15) is 24.0 Å². The number of amides is 3. The first kappa shape index (κ1) is 49.1. The fourth-order valence-electron chi connectivity index (χ4n) is 10.1. The number of nitrogens with one attached hydrogen (secondary N) is 3. The lowest BCUT2D eigenvalue weighted by atomic mass is 10.0. The highest BCUT2D eigenvalue weighted by Gasteiger charge is 2.33. The Morgan fingerprint density at radius 3 is 1.45 bits per heavy atom. The van der Waals surface area contributed by atoms with Gasteiger partial charge >= 0.3 is 6.09 Å². The summed E-state index contributed by atoms with van der Waals surface area (Å²) in [5.74, 6) is -0.869. The number of carbonyl (C=O) groups is 3. The van der Waals surface area contributed by atoms with E-state index in [-0.39, 0.29) is 40.4 Å². The molecule has 14 nitrogen and oxygen atoms in total. The Morgan fingerprint density at radius 1 is 0.577 bits per heavy atom. The zero-order chi connectivity index (χ0) is 49.8. The highest BCUT2D eigenvalue weighted by atomic mass is 35.5. The molecule has 2 saturated heterocycles. The van der Waals surface area contributed by atoms with Crippen molar-refractivity contribution in [3.8, 4) is 0 Å². The monoisotopic (exact) mass is 996 g/mol. The highest BCUT2D eigenvalue weighted by molar-refractivity contribution is 6.31. The van der Waals surface area contributed by atoms with Crippen LogP contribution < -0.4 is 36.9 Å². The molecule has 3 amide bonds. The predicted octanol–water partition coefficient (Wildman–Crippen LogP) is 9.05. The summed E-state index contributed by atoms with van der Waals surface area (Å²) >= 11 is 11.8. The first-order valence-corrected chi connectivity index (χ1v) is 25.0. The van der Waals surface area contributed by atoms with Gasteiger partial charge in [-0.05, 0) is 154 Å². The van der Waals surface area contributed by atoms with E-state index in [1.807, 2.05) is 26.8 Å². The second-order valence-corrected chi connectivity index (χ2v) is 20.1. The summed E-state index contributed by atoms with van der Waals surface area (Å²) in [6.45, 7) is 12.2. The Labute approximate surface area is 423 Å². The van der Waals surface area contributed by atoms with Crippen molar-refractivity contribution < 1.29 is 19.1 Å². The van der Waals surface area contributed by atoms with E-state index in [0.29, 0.717) is 47.6 Å². The topological polar surface area (TPSA) is 150 Å². The molecule has 4 aromatic carbocycles. The van der Waals surface area contributed by atoms with Crippen molar-refractivity contribution in [2.24, 2.45) is 0 Å². The number of fused-ring (bicyclic) bond motifs is 2. The summed E-state index contributed by atoms with van der Waals surface area (Å²) in [6, 6.07) is 32.6. The lowest BCUT2D eigenvalue weighted by Gasteiger charge is -2.37. The minimum atomic E-state index is -0.518. The van der Waals surface area contributed by atoms with Crippen LogP contribution >= 0.6 is 23.2 Å². The molecule has 6 aromatic rings. The molecule has 0 bridgehead atoms. The summed E-state index contributed by atoms with van der Waals surface area (Å²) in [5, 5.41) is 10.1. The summed E-state index contributed by atoms with van der Waals surface area (Å²) in [4.78, 5) is 71.5. The molecule has 4 heterocycles. The van der Waals surface area contributed by atoms with E-state index in [1.54, 1.807) is 99.2 Å². The van der Waals surface area contributed by atoms with Crippen molar-refractivity contribution in [2.45, 2.75) is 64.1 Å². The van der Waals surface area contributed by atoms with Crippen molar-refractivity contribution in [1.29, 1.82) is 0 Å². The number of nitrogens with zero attached hydrogens (tertiary/aromatic N) is 5. The minimum Gasteiger partial charge on any atom is -0.444 e. The molecule has 2 unspecified atom stereocenters. The Hall–Kier alpha value is -6.87. The molecular formula is C55H58Cl2N8O6. The van der Waals surface area contributed by atoms with Crippen LogP contribution in [0.15, 0.2) is 131 Å². The molecule has 2 fully saturated rings. The first-order valence-electron chi connectivity index (χ1n) is 24.2. The number of benzene rings is 4. The lowest BCUT2D eigenvalue weighted by Crippen LogP contribution is -2.50. The van der Waals surface area contributed by atoms with Crippen molar-refractivity contribution >= 4 is 63.9 Å². The van der Waals surface area contributed by atoms with Crippen molar-refractivity contribution in [2.75, 3.05) is 72.8 Å². The Kier molecular flexibility index (Phi) is 14.7. The minimum absolute atomic E-state index is 0.0661. The number of anilines is 4. The van der Waals surface area contributed by atoms with Crippen LogP contribution in [0.1, 0.15) is 88.7 Å². The number of ether oxygens (including phenoxy) is 1. The van der Waals surface area contributed by atoms with Gasteiger partial charge in [-0.2, -0.15) is 0 Å². The van der Waals surface area contributed by atoms with E-state index < -0.39 is 17.4 Å². The first-order chi connectivity index (χ1) is 34.2. The summed E-state index contributed by atoms with van der Waals surface area (Å²) in [6.07, 6.45) is 6.64. The van der Waals surface area contributed by atoms with Crippen LogP contribution in [-0.2, 0) is 17.6 Å². The summed E-state index contributed by atoms with van der Waals surface area (Å²) in [7, 11) is 0. The lowest BCUT2D eigenvalue weighted by molar-refractivity contribution is 0.0240. The maximum absolute atomic E-state index is 13.5. The van der Waals surface area contributed by atoms with Gasteiger partial charge in [0.15, 0.2) is 0 Å². The van der Waals surface area contributed by atoms with Crippen LogP contribution in [0.25, 0.3) is 0 Å². The molecule has 0 spiro atoms. The van der Waals surface area contributed by atoms with Crippen LogP contribution in [0, 0.1) is 0 Å². The molecule has 2 aliphatic carbocycles. The van der Waals surface area contributed by atoms with Crippen molar-refractivity contribution in [1.82, 2.24) is 19.4 Å². The fourth-order valence-corrected chi connectivity index (χ4v) is 10.3. The third-order valence-corrected chi connectivity index (χ3v) is 14.0. The van der Waals surface area contributed by atoms with E-state index in [0.717, 1.165) is 63.1 Å². The Morgan fingerprint density at radius 2 is 1.01 bits per heavy atom. The number of halogens is 2. The van der Waals surface area contributed by atoms with Crippen molar-refractivity contribution in [3.05, 3.63) is 186 Å². The van der Waals surface area contributed by atoms with Crippen LogP contribution in [0.5, 0.6) is 0 Å². The fraction of sp³-hybridized carbons (Fsp3) is 0.327. The number of rotatable bonds is 8. The number of hydrogen-bond donors (Lipinski definition) is 3. The zero-order valence-electron chi connectivity index (χ0n) is 40.1. The second kappa shape index (κ2) is 21.2. The van der Waals surface area contributed by atoms with E-state index in [1.165, 1.54) is 22.4 Å². The standard InChI is InChI=1S/C30H33ClN4O4.C25H25ClN4O2/c1-30(2,3)39-29(38)34-18-16-33(17-19-34)25-8-4-6-22-23(25)13-14-26(22)35-15-5-7-24(28(35)37)27(36)32-21-11-9-20(31)10-12-21;26-17-6-8-18(9-7-17)28-24(31)21-4-2-14-30(25(21)32)23-11-10-20-19(23)3-1-5-22(20)29-15-12-27-13-16-29/h4-12,15,26H,13-14,16-19H2,1-3H3,(H,32,36);1-9,14,23,27H,10-13,15-16H2,(H,28,31). The van der Waals surface area contributed by atoms with Crippen LogP contribution in [-0.4, -0.2) is 89.9 Å². The predicted molar refractivity (Wildman–Crippen MR) is 281 cm³/mol. The Balaban J connectivity index is 0.000000179. The molecule has 2 aromatic heterocycles. The van der Waals surface area contributed by atoms with Gasteiger partial charge in [0.1, 0.15) is 16.7 Å². The molecular weight excluding hydrogens is 940 g/mol. The summed E-state index contributed by atoms with van der Waals surface area (Å²) < 4.78 is 8.92. The average Bonchev–Trinajstić information content (AvgIpc) is 4.01.